The van der Waals surface area contributed by atoms with E-state index in [1.54, 1.807) is 10.9 Å². The molecule has 1 amide bonds. The standard InChI is InChI=1S/C14H25N5O/c1-11(2)6-8-18-10-13(16-17-18)14(20)19-7-4-5-12(19)9-15-3/h10-12,15H,4-9H2,1-3H3. The number of rotatable bonds is 6. The molecule has 2 heterocycles. The highest BCUT2D eigenvalue weighted by molar-refractivity contribution is 5.92. The maximum absolute atomic E-state index is 12.5. The summed E-state index contributed by atoms with van der Waals surface area (Å²) >= 11 is 0. The van der Waals surface area contributed by atoms with Crippen molar-refractivity contribution in [3.8, 4) is 0 Å². The van der Waals surface area contributed by atoms with Gasteiger partial charge in [-0.25, -0.2) is 0 Å². The average molecular weight is 279 g/mol. The van der Waals surface area contributed by atoms with E-state index in [1.165, 1.54) is 0 Å². The van der Waals surface area contributed by atoms with Crippen LogP contribution in [-0.4, -0.2) is 52.0 Å². The summed E-state index contributed by atoms with van der Waals surface area (Å²) in [5.74, 6) is 0.635. The highest BCUT2D eigenvalue weighted by Gasteiger charge is 2.30. The highest BCUT2D eigenvalue weighted by atomic mass is 16.2. The molecule has 1 aromatic rings. The van der Waals surface area contributed by atoms with E-state index in [4.69, 9.17) is 0 Å². The number of aryl methyl sites for hydroxylation is 1. The molecule has 1 aromatic heterocycles. The summed E-state index contributed by atoms with van der Waals surface area (Å²) in [7, 11) is 1.92. The van der Waals surface area contributed by atoms with Crippen LogP contribution in [0.4, 0.5) is 0 Å². The van der Waals surface area contributed by atoms with Crippen molar-refractivity contribution in [2.75, 3.05) is 20.1 Å². The van der Waals surface area contributed by atoms with Crippen LogP contribution in [0, 0.1) is 5.92 Å². The zero-order chi connectivity index (χ0) is 14.5. The Balaban J connectivity index is 1.98. The van der Waals surface area contributed by atoms with Gasteiger partial charge in [0.15, 0.2) is 5.69 Å². The van der Waals surface area contributed by atoms with Crippen LogP contribution in [0.15, 0.2) is 6.20 Å². The molecule has 6 nitrogen and oxygen atoms in total. The van der Waals surface area contributed by atoms with Gasteiger partial charge >= 0.3 is 0 Å². The van der Waals surface area contributed by atoms with Crippen LogP contribution < -0.4 is 5.32 Å². The van der Waals surface area contributed by atoms with E-state index in [0.717, 1.165) is 38.9 Å². The van der Waals surface area contributed by atoms with E-state index in [-0.39, 0.29) is 11.9 Å². The quantitative estimate of drug-likeness (QED) is 0.848. The predicted molar refractivity (Wildman–Crippen MR) is 77.5 cm³/mol. The Kier molecular flexibility index (Phi) is 5.11. The van der Waals surface area contributed by atoms with E-state index in [1.807, 2.05) is 11.9 Å². The van der Waals surface area contributed by atoms with Crippen molar-refractivity contribution in [2.45, 2.75) is 45.7 Å². The third kappa shape index (κ3) is 3.56. The van der Waals surface area contributed by atoms with Gasteiger partial charge in [0, 0.05) is 25.7 Å². The van der Waals surface area contributed by atoms with Crippen LogP contribution in [-0.2, 0) is 6.54 Å². The Bertz CT molecular complexity index is 443. The number of carbonyl (C=O) groups excluding carboxylic acids is 1. The van der Waals surface area contributed by atoms with Gasteiger partial charge in [-0.2, -0.15) is 0 Å². The molecule has 0 aliphatic carbocycles. The summed E-state index contributed by atoms with van der Waals surface area (Å²) < 4.78 is 1.77. The molecule has 0 saturated carbocycles. The Hall–Kier alpha value is -1.43. The van der Waals surface area contributed by atoms with Gasteiger partial charge in [0.1, 0.15) is 0 Å². The molecule has 112 valence electrons. The molecule has 1 atom stereocenters. The van der Waals surface area contributed by atoms with Gasteiger partial charge < -0.3 is 10.2 Å². The topological polar surface area (TPSA) is 63.1 Å². The Morgan fingerprint density at radius 1 is 1.55 bits per heavy atom. The zero-order valence-electron chi connectivity index (χ0n) is 12.7. The smallest absolute Gasteiger partial charge is 0.276 e. The molecular weight excluding hydrogens is 254 g/mol. The molecule has 1 aliphatic rings. The molecule has 1 N–H and O–H groups in total. The Labute approximate surface area is 120 Å². The predicted octanol–water partition coefficient (Wildman–Crippen LogP) is 1.15. The summed E-state index contributed by atoms with van der Waals surface area (Å²) in [5.41, 5.74) is 0.469. The van der Waals surface area contributed by atoms with E-state index >= 15 is 0 Å². The number of likely N-dealkylation sites (N-methyl/N-ethyl adjacent to an activating group) is 1. The summed E-state index contributed by atoms with van der Waals surface area (Å²) in [6, 6.07) is 0.285. The second-order valence-electron chi connectivity index (χ2n) is 5.90. The molecule has 1 saturated heterocycles. The van der Waals surface area contributed by atoms with E-state index in [9.17, 15) is 4.79 Å². The molecule has 0 bridgehead atoms. The summed E-state index contributed by atoms with van der Waals surface area (Å²) in [6.45, 7) is 6.83. The van der Waals surface area contributed by atoms with Crippen LogP contribution >= 0.6 is 0 Å². The van der Waals surface area contributed by atoms with Crippen molar-refractivity contribution in [1.82, 2.24) is 25.2 Å². The van der Waals surface area contributed by atoms with Crippen molar-refractivity contribution in [2.24, 2.45) is 5.92 Å². The molecule has 2 rings (SSSR count). The van der Waals surface area contributed by atoms with Gasteiger partial charge in [-0.15, -0.1) is 5.10 Å². The summed E-state index contributed by atoms with van der Waals surface area (Å²) in [6.07, 6.45) is 4.95. The van der Waals surface area contributed by atoms with Crippen LogP contribution in [0.3, 0.4) is 0 Å². The fraction of sp³-hybridized carbons (Fsp3) is 0.786. The number of nitrogens with zero attached hydrogens (tertiary/aromatic N) is 4. The van der Waals surface area contributed by atoms with Gasteiger partial charge in [0.2, 0.25) is 0 Å². The van der Waals surface area contributed by atoms with Crippen molar-refractivity contribution in [3.05, 3.63) is 11.9 Å². The number of hydrogen-bond acceptors (Lipinski definition) is 4. The first-order valence-corrected chi connectivity index (χ1v) is 7.47. The van der Waals surface area contributed by atoms with Crippen molar-refractivity contribution >= 4 is 5.91 Å². The highest BCUT2D eigenvalue weighted by Crippen LogP contribution is 2.18. The summed E-state index contributed by atoms with van der Waals surface area (Å²) in [5, 5.41) is 11.2. The number of likely N-dealkylation sites (tertiary alicyclic amines) is 1. The van der Waals surface area contributed by atoms with Gasteiger partial charge in [-0.05, 0) is 32.2 Å². The SMILES string of the molecule is CNCC1CCCN1C(=O)c1cn(CCC(C)C)nn1. The van der Waals surface area contributed by atoms with Crippen molar-refractivity contribution in [1.29, 1.82) is 0 Å². The first-order valence-electron chi connectivity index (χ1n) is 7.47. The number of aromatic nitrogens is 3. The summed E-state index contributed by atoms with van der Waals surface area (Å²) in [4.78, 5) is 14.4. The fourth-order valence-corrected chi connectivity index (χ4v) is 2.59. The second kappa shape index (κ2) is 6.83. The van der Waals surface area contributed by atoms with Gasteiger partial charge in [0.25, 0.3) is 5.91 Å². The molecule has 0 radical (unpaired) electrons. The van der Waals surface area contributed by atoms with Gasteiger partial charge in [-0.3, -0.25) is 9.48 Å². The normalized spacial score (nSPS) is 19.0. The lowest BCUT2D eigenvalue weighted by molar-refractivity contribution is 0.0731. The van der Waals surface area contributed by atoms with E-state index < -0.39 is 0 Å². The fourth-order valence-electron chi connectivity index (χ4n) is 2.59. The first-order chi connectivity index (χ1) is 9.61. The maximum atomic E-state index is 12.5. The Morgan fingerprint density at radius 2 is 2.35 bits per heavy atom. The minimum atomic E-state index is 0.0125. The second-order valence-corrected chi connectivity index (χ2v) is 5.90. The molecule has 0 spiro atoms. The minimum Gasteiger partial charge on any atom is -0.333 e. The van der Waals surface area contributed by atoms with Crippen molar-refractivity contribution in [3.63, 3.8) is 0 Å². The maximum Gasteiger partial charge on any atom is 0.276 e. The van der Waals surface area contributed by atoms with Crippen LogP contribution in [0.5, 0.6) is 0 Å². The minimum absolute atomic E-state index is 0.0125. The lowest BCUT2D eigenvalue weighted by Gasteiger charge is -2.23. The number of nitrogens with one attached hydrogen (secondary N) is 1. The number of hydrogen-bond donors (Lipinski definition) is 1. The molecule has 20 heavy (non-hydrogen) atoms. The molecule has 1 aliphatic heterocycles. The molecule has 6 heteroatoms. The monoisotopic (exact) mass is 279 g/mol. The zero-order valence-corrected chi connectivity index (χ0v) is 12.7. The van der Waals surface area contributed by atoms with E-state index in [2.05, 4.69) is 29.5 Å². The number of carbonyl (C=O) groups is 1. The molecular formula is C14H25N5O. The van der Waals surface area contributed by atoms with Gasteiger partial charge in [0.05, 0.1) is 6.20 Å². The third-order valence-corrected chi connectivity index (χ3v) is 3.77. The molecule has 1 unspecified atom stereocenters. The third-order valence-electron chi connectivity index (χ3n) is 3.77. The molecule has 1 fully saturated rings. The van der Waals surface area contributed by atoms with Gasteiger partial charge in [-0.1, -0.05) is 19.1 Å². The largest absolute Gasteiger partial charge is 0.333 e. The van der Waals surface area contributed by atoms with Crippen molar-refractivity contribution < 1.29 is 4.79 Å². The van der Waals surface area contributed by atoms with Crippen LogP contribution in [0.2, 0.25) is 0 Å². The first kappa shape index (κ1) is 15.0. The Morgan fingerprint density at radius 3 is 3.05 bits per heavy atom. The van der Waals surface area contributed by atoms with Crippen LogP contribution in [0.25, 0.3) is 0 Å². The molecule has 0 aromatic carbocycles. The van der Waals surface area contributed by atoms with Crippen LogP contribution in [0.1, 0.15) is 43.6 Å². The average Bonchev–Trinajstić information content (AvgIpc) is 3.05. The lowest BCUT2D eigenvalue weighted by Crippen LogP contribution is -2.41. The number of amides is 1. The van der Waals surface area contributed by atoms with E-state index in [0.29, 0.717) is 11.6 Å². The lowest BCUT2D eigenvalue weighted by atomic mass is 10.1.